The Hall–Kier alpha value is -1.88. The number of hydrogen-bond donors (Lipinski definition) is 0. The Bertz CT molecular complexity index is 713. The molecule has 0 saturated heterocycles. The van der Waals surface area contributed by atoms with E-state index in [1.807, 2.05) is 43.0 Å². The van der Waals surface area contributed by atoms with Crippen LogP contribution in [0.5, 0.6) is 5.75 Å². The maximum absolute atomic E-state index is 6.22. The Morgan fingerprint density at radius 1 is 1.26 bits per heavy atom. The number of rotatable bonds is 5. The van der Waals surface area contributed by atoms with Crippen molar-refractivity contribution < 1.29 is 4.43 Å². The Labute approximate surface area is 140 Å². The highest BCUT2D eigenvalue weighted by atomic mass is 28.4. The summed E-state index contributed by atoms with van der Waals surface area (Å²) in [6.07, 6.45) is 1.88. The van der Waals surface area contributed by atoms with Gasteiger partial charge in [0.05, 0.1) is 12.2 Å². The molecule has 0 saturated carbocycles. The lowest BCUT2D eigenvalue weighted by molar-refractivity contribution is 0.543. The lowest BCUT2D eigenvalue weighted by atomic mass is 10.1. The fraction of sp³-hybridized carbons (Fsp3) is 0.444. The van der Waals surface area contributed by atoms with Gasteiger partial charge < -0.3 is 4.43 Å². The van der Waals surface area contributed by atoms with Gasteiger partial charge >= 0.3 is 0 Å². The van der Waals surface area contributed by atoms with Crippen LogP contribution in [0.25, 0.3) is 0 Å². The topological polar surface area (TPSA) is 39.4 Å². The molecule has 0 spiro atoms. The smallest absolute Gasteiger partial charge is 0.242 e. The predicted molar refractivity (Wildman–Crippen MR) is 99.0 cm³/mol. The van der Waals surface area contributed by atoms with Gasteiger partial charge in [-0.1, -0.05) is 18.2 Å². The van der Waals surface area contributed by atoms with E-state index in [1.54, 1.807) is 0 Å². The van der Waals surface area contributed by atoms with Crippen LogP contribution < -0.4 is 4.43 Å². The molecule has 4 nitrogen and oxygen atoms in total. The van der Waals surface area contributed by atoms with Gasteiger partial charge in [0.25, 0.3) is 0 Å². The summed E-state index contributed by atoms with van der Waals surface area (Å²) in [6.45, 7) is 12.8. The highest BCUT2D eigenvalue weighted by molar-refractivity contribution is 6.70. The monoisotopic (exact) mass is 329 g/mol. The Kier molecular flexibility index (Phi) is 5.09. The maximum Gasteiger partial charge on any atom is 0.242 e. The first-order chi connectivity index (χ1) is 10.7. The summed E-state index contributed by atoms with van der Waals surface area (Å²) in [6, 6.07) is 8.26. The molecule has 0 radical (unpaired) electrons. The summed E-state index contributed by atoms with van der Waals surface area (Å²) in [7, 11) is 0.304. The van der Waals surface area contributed by atoms with E-state index in [2.05, 4.69) is 44.7 Å². The highest BCUT2D eigenvalue weighted by Crippen LogP contribution is 2.30. The van der Waals surface area contributed by atoms with Crippen LogP contribution in [0.2, 0.25) is 19.6 Å². The van der Waals surface area contributed by atoms with Crippen molar-refractivity contribution in [3.63, 3.8) is 0 Å². The molecule has 124 valence electrons. The second-order valence-corrected chi connectivity index (χ2v) is 11.3. The molecule has 0 amide bonds. The van der Waals surface area contributed by atoms with Crippen molar-refractivity contribution in [3.05, 3.63) is 47.3 Å². The van der Waals surface area contributed by atoms with Gasteiger partial charge in [-0.25, -0.2) is 0 Å². The second kappa shape index (κ2) is 6.70. The van der Waals surface area contributed by atoms with Crippen molar-refractivity contribution in [2.24, 2.45) is 12.0 Å². The molecule has 5 heteroatoms. The zero-order chi connectivity index (χ0) is 17.2. The van der Waals surface area contributed by atoms with Gasteiger partial charge in [-0.05, 0) is 46.5 Å². The van der Waals surface area contributed by atoms with Crippen molar-refractivity contribution in [1.29, 1.82) is 0 Å². The molecule has 1 aromatic carbocycles. The minimum Gasteiger partial charge on any atom is -0.544 e. The standard InChI is InChI=1S/C18H27N3OSi/c1-13(20-14(2)17-12-19-21(4)15(17)3)16-10-8-9-11-18(16)22-23(5,6)7/h8-13H,1-7H3. The third-order valence-corrected chi connectivity index (χ3v) is 4.63. The molecule has 1 atom stereocenters. The van der Waals surface area contributed by atoms with Crippen molar-refractivity contribution in [2.45, 2.75) is 46.5 Å². The quantitative estimate of drug-likeness (QED) is 0.598. The zero-order valence-corrected chi connectivity index (χ0v) is 16.2. The van der Waals surface area contributed by atoms with E-state index in [4.69, 9.17) is 9.42 Å². The molecule has 0 bridgehead atoms. The van der Waals surface area contributed by atoms with Crippen LogP contribution in [0.15, 0.2) is 35.5 Å². The van der Waals surface area contributed by atoms with Gasteiger partial charge in [-0.3, -0.25) is 9.67 Å². The van der Waals surface area contributed by atoms with Crippen LogP contribution in [0.3, 0.4) is 0 Å². The third kappa shape index (κ3) is 4.32. The SMILES string of the molecule is CC(=NC(C)c1ccccc1O[Si](C)(C)C)c1cnn(C)c1C. The van der Waals surface area contributed by atoms with E-state index in [0.717, 1.165) is 28.3 Å². The van der Waals surface area contributed by atoms with Gasteiger partial charge in [-0.2, -0.15) is 5.10 Å². The number of nitrogens with zero attached hydrogens (tertiary/aromatic N) is 3. The van der Waals surface area contributed by atoms with Crippen LogP contribution in [-0.4, -0.2) is 23.8 Å². The van der Waals surface area contributed by atoms with E-state index in [0.29, 0.717) is 0 Å². The Morgan fingerprint density at radius 2 is 1.91 bits per heavy atom. The normalized spacial score (nSPS) is 14.0. The number of aliphatic imine (C=N–C) groups is 1. The Balaban J connectivity index is 2.32. The van der Waals surface area contributed by atoms with Crippen LogP contribution in [0.1, 0.15) is 36.7 Å². The van der Waals surface area contributed by atoms with Gasteiger partial charge in [0.15, 0.2) is 0 Å². The molecule has 0 aliphatic heterocycles. The molecule has 1 unspecified atom stereocenters. The van der Waals surface area contributed by atoms with E-state index in [-0.39, 0.29) is 6.04 Å². The fourth-order valence-electron chi connectivity index (χ4n) is 2.53. The average molecular weight is 330 g/mol. The maximum atomic E-state index is 6.22. The summed E-state index contributed by atoms with van der Waals surface area (Å²) in [5.74, 6) is 0.957. The first-order valence-electron chi connectivity index (χ1n) is 8.00. The number of aryl methyl sites for hydroxylation is 1. The van der Waals surface area contributed by atoms with Gasteiger partial charge in [0, 0.05) is 29.6 Å². The van der Waals surface area contributed by atoms with Crippen molar-refractivity contribution in [1.82, 2.24) is 9.78 Å². The summed E-state index contributed by atoms with van der Waals surface area (Å²) >= 11 is 0. The first-order valence-corrected chi connectivity index (χ1v) is 11.4. The van der Waals surface area contributed by atoms with E-state index < -0.39 is 8.32 Å². The molecule has 0 aliphatic rings. The summed E-state index contributed by atoms with van der Waals surface area (Å²) in [5, 5.41) is 4.30. The van der Waals surface area contributed by atoms with Gasteiger partial charge in [0.2, 0.25) is 8.32 Å². The minimum atomic E-state index is -1.65. The first kappa shape index (κ1) is 17.5. The molecule has 2 aromatic rings. The predicted octanol–water partition coefficient (Wildman–Crippen LogP) is 4.51. The van der Waals surface area contributed by atoms with Crippen LogP contribution in [0.4, 0.5) is 0 Å². The van der Waals surface area contributed by atoms with Crippen LogP contribution in [0, 0.1) is 6.92 Å². The molecular formula is C18H27N3OSi. The molecule has 0 fully saturated rings. The second-order valence-electron chi connectivity index (χ2n) is 6.91. The van der Waals surface area contributed by atoms with Crippen LogP contribution in [-0.2, 0) is 7.05 Å². The lowest BCUT2D eigenvalue weighted by Crippen LogP contribution is -2.29. The average Bonchev–Trinajstić information content (AvgIpc) is 2.77. The number of benzene rings is 1. The zero-order valence-electron chi connectivity index (χ0n) is 15.2. The summed E-state index contributed by atoms with van der Waals surface area (Å²) in [4.78, 5) is 4.88. The molecule has 23 heavy (non-hydrogen) atoms. The molecule has 0 N–H and O–H groups in total. The minimum absolute atomic E-state index is 0.0437. The van der Waals surface area contributed by atoms with Crippen molar-refractivity contribution in [3.8, 4) is 5.75 Å². The van der Waals surface area contributed by atoms with Crippen molar-refractivity contribution in [2.75, 3.05) is 0 Å². The molecular weight excluding hydrogens is 302 g/mol. The van der Waals surface area contributed by atoms with Crippen LogP contribution >= 0.6 is 0 Å². The lowest BCUT2D eigenvalue weighted by Gasteiger charge is -2.23. The highest BCUT2D eigenvalue weighted by Gasteiger charge is 2.20. The van der Waals surface area contributed by atoms with E-state index in [9.17, 15) is 0 Å². The number of aromatic nitrogens is 2. The largest absolute Gasteiger partial charge is 0.544 e. The fourth-order valence-corrected chi connectivity index (χ4v) is 3.38. The Morgan fingerprint density at radius 3 is 2.48 bits per heavy atom. The number of hydrogen-bond acceptors (Lipinski definition) is 3. The molecule has 1 aromatic heterocycles. The van der Waals surface area contributed by atoms with E-state index >= 15 is 0 Å². The van der Waals surface area contributed by atoms with E-state index in [1.165, 1.54) is 0 Å². The molecule has 1 heterocycles. The third-order valence-electron chi connectivity index (χ3n) is 3.80. The van der Waals surface area contributed by atoms with Gasteiger partial charge in [0.1, 0.15) is 5.75 Å². The molecule has 0 aliphatic carbocycles. The summed E-state index contributed by atoms with van der Waals surface area (Å²) < 4.78 is 8.10. The van der Waals surface area contributed by atoms with Gasteiger partial charge in [-0.15, -0.1) is 0 Å². The molecule has 2 rings (SSSR count). The van der Waals surface area contributed by atoms with Crippen molar-refractivity contribution >= 4 is 14.0 Å². The summed E-state index contributed by atoms with van der Waals surface area (Å²) in [5.41, 5.74) is 4.37. The number of para-hydroxylation sites is 1.